The average Bonchev–Trinajstić information content (AvgIpc) is 3.24. The second-order valence-corrected chi connectivity index (χ2v) is 9.67. The molecule has 2 aromatic carbocycles. The van der Waals surface area contributed by atoms with Crippen LogP contribution in [0.5, 0.6) is 0 Å². The van der Waals surface area contributed by atoms with Crippen LogP contribution in [-0.4, -0.2) is 26.5 Å². The predicted octanol–water partition coefficient (Wildman–Crippen LogP) is 5.28. The van der Waals surface area contributed by atoms with Crippen LogP contribution in [-0.2, 0) is 10.8 Å². The normalized spacial score (nSPS) is 16.8. The van der Waals surface area contributed by atoms with Gasteiger partial charge >= 0.3 is 0 Å². The summed E-state index contributed by atoms with van der Waals surface area (Å²) in [6.45, 7) is 11.6. The zero-order valence-corrected chi connectivity index (χ0v) is 18.8. The van der Waals surface area contributed by atoms with Crippen LogP contribution in [0.1, 0.15) is 78.7 Å². The number of hydrogen-bond donors (Lipinski definition) is 2. The molecule has 0 spiro atoms. The minimum absolute atomic E-state index is 0.156. The fourth-order valence-electron chi connectivity index (χ4n) is 4.24. The summed E-state index contributed by atoms with van der Waals surface area (Å²) in [7, 11) is 0. The van der Waals surface area contributed by atoms with Crippen molar-refractivity contribution >= 4 is 24.0 Å². The molecule has 6 nitrogen and oxygen atoms in total. The molecule has 0 saturated heterocycles. The third-order valence-electron chi connectivity index (χ3n) is 6.44. The number of benzene rings is 2. The van der Waals surface area contributed by atoms with E-state index in [0.29, 0.717) is 5.56 Å². The van der Waals surface area contributed by atoms with Crippen molar-refractivity contribution in [1.29, 1.82) is 0 Å². The number of amides is 1. The first-order valence-electron chi connectivity index (χ1n) is 10.6. The van der Waals surface area contributed by atoms with Gasteiger partial charge in [0.2, 0.25) is 0 Å². The van der Waals surface area contributed by atoms with Gasteiger partial charge in [-0.1, -0.05) is 69.2 Å². The Morgan fingerprint density at radius 2 is 1.65 bits per heavy atom. The molecule has 31 heavy (non-hydrogen) atoms. The molecule has 1 aliphatic rings. The lowest BCUT2D eigenvalue weighted by atomic mass is 9.62. The molecule has 160 valence electrons. The van der Waals surface area contributed by atoms with Crippen LogP contribution in [0.2, 0.25) is 0 Å². The second-order valence-electron chi connectivity index (χ2n) is 9.67. The highest BCUT2D eigenvalue weighted by Gasteiger charge is 2.37. The summed E-state index contributed by atoms with van der Waals surface area (Å²) < 4.78 is 0. The van der Waals surface area contributed by atoms with Gasteiger partial charge in [-0.3, -0.25) is 10.1 Å². The van der Waals surface area contributed by atoms with E-state index < -0.39 is 0 Å². The van der Waals surface area contributed by atoms with Gasteiger partial charge in [0.1, 0.15) is 0 Å². The number of aromatic nitrogens is 4. The topological polar surface area (TPSA) is 83.6 Å². The van der Waals surface area contributed by atoms with Crippen LogP contribution >= 0.6 is 0 Å². The maximum atomic E-state index is 12.2. The van der Waals surface area contributed by atoms with Gasteiger partial charge in [0.15, 0.2) is 0 Å². The van der Waals surface area contributed by atoms with E-state index in [1.807, 2.05) is 12.1 Å². The Morgan fingerprint density at radius 3 is 2.26 bits per heavy atom. The Hall–Kier alpha value is -3.28. The molecule has 0 unspecified atom stereocenters. The van der Waals surface area contributed by atoms with Crippen molar-refractivity contribution in [1.82, 2.24) is 20.6 Å². The van der Waals surface area contributed by atoms with Crippen molar-refractivity contribution in [2.75, 3.05) is 5.32 Å². The fourth-order valence-corrected chi connectivity index (χ4v) is 4.24. The van der Waals surface area contributed by atoms with Crippen LogP contribution < -0.4 is 5.32 Å². The van der Waals surface area contributed by atoms with Crippen molar-refractivity contribution in [3.63, 3.8) is 0 Å². The summed E-state index contributed by atoms with van der Waals surface area (Å²) in [5, 5.41) is 15.8. The highest BCUT2D eigenvalue weighted by Crippen LogP contribution is 2.46. The number of fused-ring (bicyclic) bond motifs is 1. The molecule has 0 atom stereocenters. The third-order valence-corrected chi connectivity index (χ3v) is 6.44. The molecule has 4 rings (SSSR count). The molecule has 0 radical (unpaired) electrons. The van der Waals surface area contributed by atoms with Gasteiger partial charge in [0.05, 0.1) is 0 Å². The van der Waals surface area contributed by atoms with Crippen molar-refractivity contribution < 1.29 is 4.79 Å². The van der Waals surface area contributed by atoms with E-state index in [0.717, 1.165) is 5.56 Å². The smallest absolute Gasteiger partial charge is 0.270 e. The number of nitrogens with zero attached hydrogens (tertiary/aromatic N) is 3. The Balaban J connectivity index is 1.55. The largest absolute Gasteiger partial charge is 0.288 e. The summed E-state index contributed by atoms with van der Waals surface area (Å²) >= 11 is 0. The summed E-state index contributed by atoms with van der Waals surface area (Å²) in [6, 6.07) is 12.2. The lowest BCUT2D eigenvalue weighted by Crippen LogP contribution is -2.34. The first kappa shape index (κ1) is 21.0. The molecule has 0 fully saturated rings. The van der Waals surface area contributed by atoms with Crippen LogP contribution in [0.25, 0.3) is 12.2 Å². The molecule has 2 N–H and O–H groups in total. The van der Waals surface area contributed by atoms with E-state index in [1.165, 1.54) is 35.1 Å². The number of rotatable bonds is 4. The number of aromatic amines is 1. The number of nitrogens with one attached hydrogen (secondary N) is 2. The Kier molecular flexibility index (Phi) is 5.25. The second kappa shape index (κ2) is 7.76. The Morgan fingerprint density at radius 1 is 1.00 bits per heavy atom. The molecule has 0 saturated carbocycles. The molecule has 1 aliphatic carbocycles. The van der Waals surface area contributed by atoms with Gasteiger partial charge in [-0.25, -0.2) is 0 Å². The summed E-state index contributed by atoms with van der Waals surface area (Å²) in [5.41, 5.74) is 7.45. The van der Waals surface area contributed by atoms with Crippen molar-refractivity contribution in [3.05, 3.63) is 69.8 Å². The number of tetrazole rings is 1. The maximum Gasteiger partial charge on any atom is 0.270 e. The molecule has 6 heteroatoms. The first-order valence-corrected chi connectivity index (χ1v) is 10.6. The van der Waals surface area contributed by atoms with E-state index in [9.17, 15) is 4.79 Å². The van der Waals surface area contributed by atoms with Gasteiger partial charge in [0.25, 0.3) is 11.9 Å². The average molecular weight is 416 g/mol. The Bertz CT molecular complexity index is 1130. The lowest BCUT2D eigenvalue weighted by Gasteiger charge is -2.42. The van der Waals surface area contributed by atoms with E-state index >= 15 is 0 Å². The molecular weight excluding hydrogens is 386 g/mol. The van der Waals surface area contributed by atoms with Gasteiger partial charge in [0, 0.05) is 5.56 Å². The van der Waals surface area contributed by atoms with Crippen molar-refractivity contribution in [3.8, 4) is 0 Å². The molecule has 3 aromatic rings. The number of H-pyrrole nitrogens is 1. The minimum atomic E-state index is -0.271. The molecule has 0 bridgehead atoms. The van der Waals surface area contributed by atoms with Gasteiger partial charge in [-0.2, -0.15) is 5.21 Å². The molecule has 1 heterocycles. The van der Waals surface area contributed by atoms with Gasteiger partial charge < -0.3 is 0 Å². The summed E-state index contributed by atoms with van der Waals surface area (Å²) in [4.78, 5) is 12.2. The molecular formula is C25H29N5O. The maximum absolute atomic E-state index is 12.2. The predicted molar refractivity (Wildman–Crippen MR) is 124 cm³/mol. The number of carbonyl (C=O) groups is 1. The van der Waals surface area contributed by atoms with Crippen molar-refractivity contribution in [2.45, 2.75) is 58.3 Å². The number of carbonyl (C=O) groups excluding carboxylic acids is 1. The zero-order chi connectivity index (χ0) is 22.2. The van der Waals surface area contributed by atoms with Crippen LogP contribution in [0.15, 0.2) is 36.4 Å². The Labute approximate surface area is 183 Å². The highest BCUT2D eigenvalue weighted by atomic mass is 16.1. The standard InChI is InChI=1S/C25H29N5O/c1-16-14-20-21(25(4,5)13-12-24(20,2)3)15-19(16)11-8-17-6-9-18(10-7-17)22(31)26-23-27-29-30-28-23/h6-11,14-15H,12-13H2,1-5H3,(H2,26,27,28,29,30,31). The quantitative estimate of drug-likeness (QED) is 0.568. The SMILES string of the molecule is Cc1cc2c(cc1C=Cc1ccc(C(=O)Nc3nn[nH]n3)cc1)C(C)(C)CCC2(C)C. The van der Waals surface area contributed by atoms with Gasteiger partial charge in [-0.15, -0.1) is 5.10 Å². The molecule has 0 aliphatic heterocycles. The van der Waals surface area contributed by atoms with Crippen LogP contribution in [0.4, 0.5) is 5.95 Å². The monoisotopic (exact) mass is 415 g/mol. The van der Waals surface area contributed by atoms with E-state index in [1.54, 1.807) is 12.1 Å². The number of anilines is 1. The third kappa shape index (κ3) is 4.29. The van der Waals surface area contributed by atoms with Crippen LogP contribution in [0.3, 0.4) is 0 Å². The molecule has 1 aromatic heterocycles. The zero-order valence-electron chi connectivity index (χ0n) is 18.8. The summed E-state index contributed by atoms with van der Waals surface area (Å²) in [6.07, 6.45) is 6.68. The van der Waals surface area contributed by atoms with Crippen LogP contribution in [0, 0.1) is 6.92 Å². The summed E-state index contributed by atoms with van der Waals surface area (Å²) in [5.74, 6) is -0.115. The molecule has 1 amide bonds. The van der Waals surface area contributed by atoms with E-state index in [2.05, 4.69) is 84.8 Å². The minimum Gasteiger partial charge on any atom is -0.288 e. The highest BCUT2D eigenvalue weighted by molar-refractivity contribution is 6.03. The number of aryl methyl sites for hydroxylation is 1. The van der Waals surface area contributed by atoms with E-state index in [-0.39, 0.29) is 22.7 Å². The lowest BCUT2D eigenvalue weighted by molar-refractivity contribution is 0.102. The van der Waals surface area contributed by atoms with Crippen molar-refractivity contribution in [2.24, 2.45) is 0 Å². The fraction of sp³-hybridized carbons (Fsp3) is 0.360. The van der Waals surface area contributed by atoms with Gasteiger partial charge in [-0.05, 0) is 75.8 Å². The van der Waals surface area contributed by atoms with E-state index in [4.69, 9.17) is 0 Å². The number of hydrogen-bond acceptors (Lipinski definition) is 4. The first-order chi connectivity index (χ1) is 14.7.